The van der Waals surface area contributed by atoms with Gasteiger partial charge in [-0.3, -0.25) is 9.69 Å². The van der Waals surface area contributed by atoms with Gasteiger partial charge in [0, 0.05) is 25.0 Å². The van der Waals surface area contributed by atoms with E-state index in [4.69, 9.17) is 16.3 Å². The van der Waals surface area contributed by atoms with Gasteiger partial charge in [-0.05, 0) is 49.9 Å². The van der Waals surface area contributed by atoms with Crippen LogP contribution in [0.15, 0.2) is 36.7 Å². The van der Waals surface area contributed by atoms with Gasteiger partial charge in [-0.25, -0.2) is 9.97 Å². The van der Waals surface area contributed by atoms with Crippen molar-refractivity contribution in [2.45, 2.75) is 31.7 Å². The van der Waals surface area contributed by atoms with E-state index in [0.29, 0.717) is 22.6 Å². The Bertz CT molecular complexity index is 736. The third-order valence-electron chi connectivity index (χ3n) is 4.80. The summed E-state index contributed by atoms with van der Waals surface area (Å²) in [6, 6.07) is 7.12. The number of likely N-dealkylation sites (tertiary alicyclic amines) is 1. The highest BCUT2D eigenvalue weighted by Crippen LogP contribution is 2.28. The van der Waals surface area contributed by atoms with Gasteiger partial charge in [0.05, 0.1) is 18.2 Å². The molecule has 26 heavy (non-hydrogen) atoms. The van der Waals surface area contributed by atoms with Gasteiger partial charge in [0.25, 0.3) is 0 Å². The Labute approximate surface area is 158 Å². The number of nitrogens with one attached hydrogen (secondary N) is 1. The van der Waals surface area contributed by atoms with Crippen LogP contribution in [-0.4, -0.2) is 47.0 Å². The van der Waals surface area contributed by atoms with Gasteiger partial charge in [-0.15, -0.1) is 0 Å². The summed E-state index contributed by atoms with van der Waals surface area (Å²) < 4.78 is 5.12. The minimum Gasteiger partial charge on any atom is -0.481 e. The smallest absolute Gasteiger partial charge is 0.242 e. The number of halogens is 1. The first-order valence-corrected chi connectivity index (χ1v) is 9.11. The van der Waals surface area contributed by atoms with Crippen LogP contribution in [0.4, 0.5) is 5.82 Å². The maximum absolute atomic E-state index is 12.6. The zero-order valence-electron chi connectivity index (χ0n) is 15.0. The Morgan fingerprint density at radius 1 is 1.31 bits per heavy atom. The molecule has 3 heterocycles. The summed E-state index contributed by atoms with van der Waals surface area (Å²) in [5.74, 6) is 1.43. The predicted molar refractivity (Wildman–Crippen MR) is 102 cm³/mol. The lowest BCUT2D eigenvalue weighted by Gasteiger charge is -2.36. The summed E-state index contributed by atoms with van der Waals surface area (Å²) in [6.45, 7) is 3.67. The van der Waals surface area contributed by atoms with E-state index in [1.165, 1.54) is 11.8 Å². The molecule has 0 bridgehead atoms. The van der Waals surface area contributed by atoms with E-state index in [9.17, 15) is 4.79 Å². The van der Waals surface area contributed by atoms with Crippen molar-refractivity contribution < 1.29 is 9.53 Å². The fourth-order valence-electron chi connectivity index (χ4n) is 3.23. The first-order chi connectivity index (χ1) is 12.6. The van der Waals surface area contributed by atoms with Gasteiger partial charge in [-0.2, -0.15) is 0 Å². The lowest BCUT2D eigenvalue weighted by molar-refractivity contribution is -0.121. The number of carbonyl (C=O) groups excluding carboxylic acids is 1. The van der Waals surface area contributed by atoms with Crippen molar-refractivity contribution in [3.05, 3.63) is 47.2 Å². The molecule has 1 aliphatic rings. The van der Waals surface area contributed by atoms with Crippen molar-refractivity contribution in [2.24, 2.45) is 0 Å². The zero-order valence-corrected chi connectivity index (χ0v) is 15.7. The van der Waals surface area contributed by atoms with Crippen LogP contribution in [0, 0.1) is 0 Å². The normalized spacial score (nSPS) is 19.0. The number of hydrogen-bond acceptors (Lipinski definition) is 5. The number of pyridine rings is 2. The van der Waals surface area contributed by atoms with Crippen molar-refractivity contribution in [3.8, 4) is 5.88 Å². The third kappa shape index (κ3) is 4.51. The zero-order chi connectivity index (χ0) is 18.5. The quantitative estimate of drug-likeness (QED) is 0.869. The molecule has 1 amide bonds. The fraction of sp³-hybridized carbons (Fsp3) is 0.421. The summed E-state index contributed by atoms with van der Waals surface area (Å²) in [5.41, 5.74) is 1.18. The van der Waals surface area contributed by atoms with Crippen LogP contribution in [0.25, 0.3) is 0 Å². The Balaban J connectivity index is 1.62. The van der Waals surface area contributed by atoms with Crippen molar-refractivity contribution >= 4 is 23.3 Å². The second kappa shape index (κ2) is 8.47. The van der Waals surface area contributed by atoms with Crippen LogP contribution < -0.4 is 10.1 Å². The predicted octanol–water partition coefficient (Wildman–Crippen LogP) is 3.35. The molecule has 1 N–H and O–H groups in total. The van der Waals surface area contributed by atoms with Crippen molar-refractivity contribution in [2.75, 3.05) is 25.5 Å². The first kappa shape index (κ1) is 18.6. The van der Waals surface area contributed by atoms with E-state index < -0.39 is 0 Å². The molecule has 0 spiro atoms. The summed E-state index contributed by atoms with van der Waals surface area (Å²) in [5, 5.41) is 3.40. The topological polar surface area (TPSA) is 67.3 Å². The molecular formula is C19H23ClN4O2. The molecule has 0 aromatic carbocycles. The van der Waals surface area contributed by atoms with Crippen LogP contribution in [0.3, 0.4) is 0 Å². The van der Waals surface area contributed by atoms with E-state index >= 15 is 0 Å². The molecule has 2 aromatic rings. The van der Waals surface area contributed by atoms with Crippen molar-refractivity contribution in [1.29, 1.82) is 0 Å². The molecule has 2 aromatic heterocycles. The number of ether oxygens (including phenoxy) is 1. The number of hydrogen-bond donors (Lipinski definition) is 1. The Kier molecular flexibility index (Phi) is 6.06. The molecule has 1 aliphatic heterocycles. The Hall–Kier alpha value is -2.18. The maximum atomic E-state index is 12.6. The van der Waals surface area contributed by atoms with E-state index in [-0.39, 0.29) is 11.9 Å². The molecule has 2 atom stereocenters. The highest BCUT2D eigenvalue weighted by Gasteiger charge is 2.28. The highest BCUT2D eigenvalue weighted by atomic mass is 35.5. The SMILES string of the molecule is COc1ccc(C2CCCN(C(C)C(=O)Nc3ccc(Cl)cn3)C2)cn1. The van der Waals surface area contributed by atoms with Crippen LogP contribution in [0.2, 0.25) is 5.02 Å². The fourth-order valence-corrected chi connectivity index (χ4v) is 3.34. The molecule has 6 nitrogen and oxygen atoms in total. The minimum absolute atomic E-state index is 0.0617. The molecule has 1 fully saturated rings. The molecule has 3 rings (SSSR count). The lowest BCUT2D eigenvalue weighted by atomic mass is 9.91. The molecule has 1 saturated heterocycles. The number of aromatic nitrogens is 2. The van der Waals surface area contributed by atoms with E-state index in [2.05, 4.69) is 26.3 Å². The maximum Gasteiger partial charge on any atom is 0.242 e. The Morgan fingerprint density at radius 3 is 2.81 bits per heavy atom. The number of rotatable bonds is 5. The van der Waals surface area contributed by atoms with E-state index in [1.54, 1.807) is 19.2 Å². The molecule has 0 saturated carbocycles. The largest absolute Gasteiger partial charge is 0.481 e. The first-order valence-electron chi connectivity index (χ1n) is 8.73. The molecule has 0 radical (unpaired) electrons. The van der Waals surface area contributed by atoms with Crippen molar-refractivity contribution in [3.63, 3.8) is 0 Å². The number of piperidine rings is 1. The standard InChI is InChI=1S/C19H23ClN4O2/c1-13(19(25)23-17-7-6-16(20)11-21-17)24-9-3-4-15(12-24)14-5-8-18(26-2)22-10-14/h5-8,10-11,13,15H,3-4,9,12H2,1-2H3,(H,21,23,25). The lowest BCUT2D eigenvalue weighted by Crippen LogP contribution is -2.46. The summed E-state index contributed by atoms with van der Waals surface area (Å²) >= 11 is 5.83. The second-order valence-electron chi connectivity index (χ2n) is 6.49. The average Bonchev–Trinajstić information content (AvgIpc) is 2.69. The van der Waals surface area contributed by atoms with Crippen LogP contribution in [0.5, 0.6) is 5.88 Å². The summed E-state index contributed by atoms with van der Waals surface area (Å²) in [7, 11) is 1.61. The number of amides is 1. The number of carbonyl (C=O) groups is 1. The van der Waals surface area contributed by atoms with Gasteiger partial charge < -0.3 is 10.1 Å². The molecule has 7 heteroatoms. The number of anilines is 1. The monoisotopic (exact) mass is 374 g/mol. The van der Waals surface area contributed by atoms with Gasteiger partial charge >= 0.3 is 0 Å². The highest BCUT2D eigenvalue weighted by molar-refractivity contribution is 6.30. The number of methoxy groups -OCH3 is 1. The van der Waals surface area contributed by atoms with Crippen LogP contribution in [-0.2, 0) is 4.79 Å². The van der Waals surface area contributed by atoms with Crippen molar-refractivity contribution in [1.82, 2.24) is 14.9 Å². The van der Waals surface area contributed by atoms with E-state index in [1.807, 2.05) is 19.2 Å². The summed E-state index contributed by atoms with van der Waals surface area (Å²) in [6.07, 6.45) is 5.54. The van der Waals surface area contributed by atoms with Crippen LogP contribution in [0.1, 0.15) is 31.2 Å². The molecule has 0 aliphatic carbocycles. The van der Waals surface area contributed by atoms with E-state index in [0.717, 1.165) is 25.9 Å². The van der Waals surface area contributed by atoms with Crippen LogP contribution >= 0.6 is 11.6 Å². The van der Waals surface area contributed by atoms with Gasteiger partial charge in [-0.1, -0.05) is 17.7 Å². The average molecular weight is 375 g/mol. The van der Waals surface area contributed by atoms with Gasteiger partial charge in [0.1, 0.15) is 5.82 Å². The molecular weight excluding hydrogens is 352 g/mol. The van der Waals surface area contributed by atoms with Gasteiger partial charge in [0.15, 0.2) is 0 Å². The molecule has 138 valence electrons. The summed E-state index contributed by atoms with van der Waals surface area (Å²) in [4.78, 5) is 23.2. The Morgan fingerprint density at radius 2 is 2.15 bits per heavy atom. The molecule has 2 unspecified atom stereocenters. The van der Waals surface area contributed by atoms with Gasteiger partial charge in [0.2, 0.25) is 11.8 Å². The third-order valence-corrected chi connectivity index (χ3v) is 5.02. The number of nitrogens with zero attached hydrogens (tertiary/aromatic N) is 3. The minimum atomic E-state index is -0.235. The second-order valence-corrected chi connectivity index (χ2v) is 6.93.